The van der Waals surface area contributed by atoms with Gasteiger partial charge in [-0.1, -0.05) is 54.6 Å². The normalized spacial score (nSPS) is 15.9. The summed E-state index contributed by atoms with van der Waals surface area (Å²) in [6, 6.07) is 17.1. The summed E-state index contributed by atoms with van der Waals surface area (Å²) in [6.07, 6.45) is -5.09. The Morgan fingerprint density at radius 1 is 0.603 bits per heavy atom. The van der Waals surface area contributed by atoms with Crippen LogP contribution in [0.25, 0.3) is 11.1 Å². The molecule has 63 heavy (non-hydrogen) atoms. The van der Waals surface area contributed by atoms with E-state index in [0.29, 0.717) is 17.8 Å². The van der Waals surface area contributed by atoms with E-state index in [4.69, 9.17) is 37.9 Å². The Bertz CT molecular complexity index is 1560. The van der Waals surface area contributed by atoms with Crippen LogP contribution in [0.15, 0.2) is 60.8 Å². The van der Waals surface area contributed by atoms with E-state index < -0.39 is 80.7 Å². The minimum atomic E-state index is -1.12. The number of nitrogens with zero attached hydrogens (tertiary/aromatic N) is 3. The smallest absolute Gasteiger partial charge is 0.338 e. The number of benzene rings is 2. The molecule has 5 atom stereocenters. The van der Waals surface area contributed by atoms with Crippen molar-refractivity contribution in [3.05, 3.63) is 72.1 Å². The van der Waals surface area contributed by atoms with Gasteiger partial charge in [0.25, 0.3) is 0 Å². The molecule has 1 aromatic heterocycles. The lowest BCUT2D eigenvalue weighted by Crippen LogP contribution is -2.37. The molecule has 1 heterocycles. The summed E-state index contributed by atoms with van der Waals surface area (Å²) in [6.45, 7) is 2.58. The predicted octanol–water partition coefficient (Wildman–Crippen LogP) is -0.648. The molecule has 3 rings (SSSR count). The molecule has 0 spiro atoms. The molecule has 0 saturated heterocycles. The van der Waals surface area contributed by atoms with Crippen molar-refractivity contribution in [3.63, 3.8) is 0 Å². The van der Waals surface area contributed by atoms with E-state index in [-0.39, 0.29) is 78.6 Å². The Hall–Kier alpha value is -3.55. The first-order chi connectivity index (χ1) is 30.3. The lowest BCUT2D eigenvalue weighted by atomic mass is 9.92. The van der Waals surface area contributed by atoms with Crippen LogP contribution in [0.4, 0.5) is 0 Å². The third kappa shape index (κ3) is 21.3. The van der Waals surface area contributed by atoms with Crippen molar-refractivity contribution in [1.82, 2.24) is 15.0 Å². The highest BCUT2D eigenvalue weighted by Gasteiger charge is 2.31. The largest absolute Gasteiger partial charge is 0.456 e. The number of ether oxygens (including phenoxy) is 8. The summed E-state index contributed by atoms with van der Waals surface area (Å²) in [5.74, 6) is -0.655. The molecule has 0 saturated carbocycles. The number of hydrogen-bond donors (Lipinski definition) is 8. The second kappa shape index (κ2) is 29.8. The molecule has 0 aliphatic carbocycles. The van der Waals surface area contributed by atoms with Crippen molar-refractivity contribution >= 4 is 5.97 Å². The van der Waals surface area contributed by atoms with Crippen LogP contribution in [0.3, 0.4) is 0 Å². The number of aliphatic hydroxyl groups excluding tert-OH is 8. The Labute approximate surface area is 367 Å². The zero-order valence-corrected chi connectivity index (χ0v) is 36.3. The number of carbonyl (C=O) groups excluding carboxylic acids is 1. The second-order valence-electron chi connectivity index (χ2n) is 15.6. The average Bonchev–Trinajstić information content (AvgIpc) is 3.74. The third-order valence-electron chi connectivity index (χ3n) is 9.62. The number of aromatic nitrogens is 3. The van der Waals surface area contributed by atoms with Gasteiger partial charge in [0.1, 0.15) is 54.0 Å². The summed E-state index contributed by atoms with van der Waals surface area (Å²) in [4.78, 5) is 13.2. The summed E-state index contributed by atoms with van der Waals surface area (Å²) in [7, 11) is 0. The fraction of sp³-hybridized carbons (Fsp3) is 0.651. The fourth-order valence-corrected chi connectivity index (χ4v) is 5.50. The lowest BCUT2D eigenvalue weighted by Gasteiger charge is -2.31. The molecule has 20 nitrogen and oxygen atoms in total. The monoisotopic (exact) mass is 897 g/mol. The van der Waals surface area contributed by atoms with E-state index in [0.717, 1.165) is 11.1 Å². The number of esters is 1. The molecule has 2 aromatic carbocycles. The van der Waals surface area contributed by atoms with Crippen molar-refractivity contribution in [2.75, 3.05) is 92.5 Å². The van der Waals surface area contributed by atoms with E-state index in [2.05, 4.69) is 10.3 Å². The van der Waals surface area contributed by atoms with E-state index in [1.165, 1.54) is 0 Å². The summed E-state index contributed by atoms with van der Waals surface area (Å²) in [5, 5.41) is 84.2. The number of carbonyl (C=O) groups is 1. The molecule has 0 bridgehead atoms. The van der Waals surface area contributed by atoms with Gasteiger partial charge in [-0.2, -0.15) is 0 Å². The Morgan fingerprint density at radius 3 is 1.48 bits per heavy atom. The standard InChI is InChI=1S/C43H67N3O17/c1-30(43(2,3)63-42(55)33-11-9-32(10-12-33)31-7-5-4-6-8-31)13-46-14-34(44-45-46)19-60-41(28-61-39(24-56-20-35(51)15-47)25-57-21-36(52)16-48)29-62-40(26-58-22-37(53)17-49)27-59-23-38(54)18-50/h4-12,14,30,35-41,47-54H,13,15-29H2,1-3H3. The van der Waals surface area contributed by atoms with Crippen molar-refractivity contribution in [1.29, 1.82) is 0 Å². The summed E-state index contributed by atoms with van der Waals surface area (Å²) < 4.78 is 48.0. The first kappa shape index (κ1) is 53.8. The van der Waals surface area contributed by atoms with E-state index >= 15 is 0 Å². The molecule has 0 aliphatic heterocycles. The Kier molecular flexibility index (Phi) is 25.4. The molecule has 0 aliphatic rings. The van der Waals surface area contributed by atoms with Gasteiger partial charge in [-0.05, 0) is 37.1 Å². The third-order valence-corrected chi connectivity index (χ3v) is 9.62. The lowest BCUT2D eigenvalue weighted by molar-refractivity contribution is -0.141. The van der Waals surface area contributed by atoms with Crippen LogP contribution in [0.2, 0.25) is 0 Å². The molecular formula is C43H67N3O17. The molecule has 0 amide bonds. The van der Waals surface area contributed by atoms with Crippen LogP contribution in [-0.4, -0.2) is 203 Å². The van der Waals surface area contributed by atoms with Crippen molar-refractivity contribution in [3.8, 4) is 11.1 Å². The number of rotatable bonds is 35. The van der Waals surface area contributed by atoms with Gasteiger partial charge < -0.3 is 78.7 Å². The predicted molar refractivity (Wildman–Crippen MR) is 224 cm³/mol. The molecule has 0 fully saturated rings. The van der Waals surface area contributed by atoms with Gasteiger partial charge in [-0.15, -0.1) is 5.10 Å². The molecule has 20 heteroatoms. The number of aliphatic hydroxyl groups is 8. The van der Waals surface area contributed by atoms with Crippen LogP contribution in [0.1, 0.15) is 36.8 Å². The average molecular weight is 898 g/mol. The van der Waals surface area contributed by atoms with Gasteiger partial charge in [0, 0.05) is 12.5 Å². The molecule has 8 N–H and O–H groups in total. The van der Waals surface area contributed by atoms with Crippen LogP contribution >= 0.6 is 0 Å². The summed E-state index contributed by atoms with van der Waals surface area (Å²) >= 11 is 0. The van der Waals surface area contributed by atoms with Gasteiger partial charge in [0.15, 0.2) is 0 Å². The maximum atomic E-state index is 13.2. The van der Waals surface area contributed by atoms with Gasteiger partial charge in [0.2, 0.25) is 0 Å². The van der Waals surface area contributed by atoms with E-state index in [1.54, 1.807) is 23.0 Å². The molecule has 3 aromatic rings. The van der Waals surface area contributed by atoms with Crippen molar-refractivity contribution in [2.45, 2.75) is 82.3 Å². The maximum absolute atomic E-state index is 13.2. The molecule has 0 radical (unpaired) electrons. The van der Waals surface area contributed by atoms with Gasteiger partial charge in [-0.25, -0.2) is 4.79 Å². The molecular weight excluding hydrogens is 830 g/mol. The quantitative estimate of drug-likeness (QED) is 0.0341. The topological polar surface area (TPSA) is 283 Å². The van der Waals surface area contributed by atoms with Crippen molar-refractivity contribution < 1.29 is 83.5 Å². The fourth-order valence-electron chi connectivity index (χ4n) is 5.50. The van der Waals surface area contributed by atoms with E-state index in [1.807, 2.05) is 63.2 Å². The SMILES string of the molecule is CC(Cn1cc(COC(COC(COCC(O)CO)COCC(O)CO)COC(COCC(O)CO)COCC(O)CO)nn1)C(C)(C)OC(=O)c1ccc(-c2ccccc2)cc1. The zero-order valence-electron chi connectivity index (χ0n) is 36.3. The van der Waals surface area contributed by atoms with Crippen molar-refractivity contribution in [2.24, 2.45) is 5.92 Å². The van der Waals surface area contributed by atoms with Crippen LogP contribution in [-0.2, 0) is 51.0 Å². The highest BCUT2D eigenvalue weighted by atomic mass is 16.6. The second-order valence-corrected chi connectivity index (χ2v) is 15.6. The molecule has 356 valence electrons. The van der Waals surface area contributed by atoms with Gasteiger partial charge >= 0.3 is 5.97 Å². The summed E-state index contributed by atoms with van der Waals surface area (Å²) in [5.41, 5.74) is 2.02. The van der Waals surface area contributed by atoms with Crippen LogP contribution in [0.5, 0.6) is 0 Å². The Morgan fingerprint density at radius 2 is 1.03 bits per heavy atom. The van der Waals surface area contributed by atoms with Crippen LogP contribution in [0, 0.1) is 5.92 Å². The number of hydrogen-bond acceptors (Lipinski definition) is 19. The first-order valence-corrected chi connectivity index (χ1v) is 20.9. The molecule has 5 unspecified atom stereocenters. The van der Waals surface area contributed by atoms with Gasteiger partial charge in [-0.3, -0.25) is 4.68 Å². The zero-order chi connectivity index (χ0) is 46.0. The highest BCUT2D eigenvalue weighted by molar-refractivity contribution is 5.90. The minimum Gasteiger partial charge on any atom is -0.456 e. The highest BCUT2D eigenvalue weighted by Crippen LogP contribution is 2.26. The van der Waals surface area contributed by atoms with Gasteiger partial charge in [0.05, 0.1) is 111 Å². The van der Waals surface area contributed by atoms with Crippen LogP contribution < -0.4 is 0 Å². The van der Waals surface area contributed by atoms with E-state index in [9.17, 15) is 45.6 Å². The minimum absolute atomic E-state index is 0.0464. The maximum Gasteiger partial charge on any atom is 0.338 e. The first-order valence-electron chi connectivity index (χ1n) is 20.9. The Balaban J connectivity index is 1.67.